The molecule has 0 heterocycles. The molecule has 94 valence electrons. The van der Waals surface area contributed by atoms with Gasteiger partial charge >= 0.3 is 0 Å². The molecule has 0 aliphatic carbocycles. The number of aliphatic imine (C=N–C) groups is 1. The van der Waals surface area contributed by atoms with Crippen molar-refractivity contribution in [2.75, 3.05) is 34.7 Å². The molecule has 0 radical (unpaired) electrons. The number of benzene rings is 1. The Morgan fingerprint density at radius 2 is 1.59 bits per heavy atom. The Bertz CT molecular complexity index is 359. The molecule has 0 aliphatic heterocycles. The molecule has 1 rings (SSSR count). The fourth-order valence-corrected chi connectivity index (χ4v) is 1.62. The molecule has 1 aromatic rings. The van der Waals surface area contributed by atoms with Crippen LogP contribution in [0.15, 0.2) is 29.3 Å². The van der Waals surface area contributed by atoms with Gasteiger partial charge in [0.25, 0.3) is 0 Å². The second-order valence-corrected chi connectivity index (χ2v) is 4.35. The maximum atomic E-state index is 12.7. The van der Waals surface area contributed by atoms with Crippen molar-refractivity contribution in [3.8, 4) is 0 Å². The van der Waals surface area contributed by atoms with Gasteiger partial charge in [0, 0.05) is 34.7 Å². The molecular weight excluding hydrogens is 217 g/mol. The zero-order valence-corrected chi connectivity index (χ0v) is 10.9. The van der Waals surface area contributed by atoms with Crippen molar-refractivity contribution >= 4 is 5.96 Å². The van der Waals surface area contributed by atoms with Crippen molar-refractivity contribution in [1.29, 1.82) is 0 Å². The predicted molar refractivity (Wildman–Crippen MR) is 69.8 cm³/mol. The van der Waals surface area contributed by atoms with Gasteiger partial charge in [0.1, 0.15) is 5.82 Å². The minimum atomic E-state index is -0.195. The van der Waals surface area contributed by atoms with E-state index in [0.717, 1.165) is 17.9 Å². The van der Waals surface area contributed by atoms with Gasteiger partial charge in [-0.1, -0.05) is 12.1 Å². The van der Waals surface area contributed by atoms with E-state index >= 15 is 0 Å². The number of rotatable bonds is 3. The summed E-state index contributed by atoms with van der Waals surface area (Å²) < 4.78 is 12.7. The van der Waals surface area contributed by atoms with E-state index in [4.69, 9.17) is 0 Å². The highest BCUT2D eigenvalue weighted by molar-refractivity contribution is 5.79. The van der Waals surface area contributed by atoms with Crippen molar-refractivity contribution in [3.63, 3.8) is 0 Å². The van der Waals surface area contributed by atoms with Crippen LogP contribution in [0.25, 0.3) is 0 Å². The monoisotopic (exact) mass is 237 g/mol. The van der Waals surface area contributed by atoms with Crippen LogP contribution in [0.4, 0.5) is 4.39 Å². The lowest BCUT2D eigenvalue weighted by atomic mass is 10.1. The van der Waals surface area contributed by atoms with Gasteiger partial charge in [0.15, 0.2) is 5.96 Å². The summed E-state index contributed by atoms with van der Waals surface area (Å²) in [5.41, 5.74) is 1.10. The third-order valence-corrected chi connectivity index (χ3v) is 2.37. The molecule has 0 saturated heterocycles. The van der Waals surface area contributed by atoms with Crippen LogP contribution < -0.4 is 0 Å². The Labute approximate surface area is 103 Å². The first-order valence-electron chi connectivity index (χ1n) is 5.64. The van der Waals surface area contributed by atoms with Gasteiger partial charge in [0.05, 0.1) is 0 Å². The summed E-state index contributed by atoms with van der Waals surface area (Å²) in [6, 6.07) is 6.57. The van der Waals surface area contributed by atoms with Crippen molar-refractivity contribution in [2.45, 2.75) is 6.42 Å². The van der Waals surface area contributed by atoms with E-state index in [1.165, 1.54) is 12.1 Å². The summed E-state index contributed by atoms with van der Waals surface area (Å²) in [6.07, 6.45) is 0.825. The average Bonchev–Trinajstić information content (AvgIpc) is 2.25. The smallest absolute Gasteiger partial charge is 0.195 e. The van der Waals surface area contributed by atoms with Crippen LogP contribution in [0.3, 0.4) is 0 Å². The average molecular weight is 237 g/mol. The molecule has 0 saturated carbocycles. The zero-order valence-electron chi connectivity index (χ0n) is 10.9. The van der Waals surface area contributed by atoms with Gasteiger partial charge in [-0.15, -0.1) is 0 Å². The van der Waals surface area contributed by atoms with Crippen LogP contribution >= 0.6 is 0 Å². The van der Waals surface area contributed by atoms with Crippen LogP contribution in [0.1, 0.15) is 5.56 Å². The van der Waals surface area contributed by atoms with Gasteiger partial charge in [-0.05, 0) is 24.1 Å². The molecule has 0 N–H and O–H groups in total. The van der Waals surface area contributed by atoms with Gasteiger partial charge in [-0.2, -0.15) is 0 Å². The second-order valence-electron chi connectivity index (χ2n) is 4.35. The molecule has 0 spiro atoms. The van der Waals surface area contributed by atoms with Crippen molar-refractivity contribution in [3.05, 3.63) is 35.6 Å². The first-order chi connectivity index (χ1) is 8.00. The van der Waals surface area contributed by atoms with Gasteiger partial charge in [-0.3, -0.25) is 4.99 Å². The van der Waals surface area contributed by atoms with Crippen LogP contribution in [0.2, 0.25) is 0 Å². The highest BCUT2D eigenvalue weighted by Crippen LogP contribution is 2.03. The lowest BCUT2D eigenvalue weighted by molar-refractivity contribution is 0.479. The minimum Gasteiger partial charge on any atom is -0.349 e. The van der Waals surface area contributed by atoms with Crippen LogP contribution in [-0.4, -0.2) is 50.5 Å². The van der Waals surface area contributed by atoms with Crippen molar-refractivity contribution < 1.29 is 4.39 Å². The molecule has 1 aromatic carbocycles. The zero-order chi connectivity index (χ0) is 12.8. The maximum Gasteiger partial charge on any atom is 0.195 e. The highest BCUT2D eigenvalue weighted by Gasteiger charge is 2.03. The SMILES string of the molecule is CN(C)C(=NCCc1ccc(F)cc1)N(C)C. The van der Waals surface area contributed by atoms with E-state index in [9.17, 15) is 4.39 Å². The summed E-state index contributed by atoms with van der Waals surface area (Å²) in [5, 5.41) is 0. The molecule has 0 amide bonds. The Morgan fingerprint density at radius 3 is 2.06 bits per heavy atom. The van der Waals surface area contributed by atoms with Crippen molar-refractivity contribution in [2.24, 2.45) is 4.99 Å². The third kappa shape index (κ3) is 4.43. The van der Waals surface area contributed by atoms with E-state index in [1.54, 1.807) is 12.1 Å². The number of nitrogens with zero attached hydrogens (tertiary/aromatic N) is 3. The molecule has 17 heavy (non-hydrogen) atoms. The molecule has 3 nitrogen and oxygen atoms in total. The molecule has 0 fully saturated rings. The first-order valence-corrected chi connectivity index (χ1v) is 5.64. The number of hydrogen-bond donors (Lipinski definition) is 0. The van der Waals surface area contributed by atoms with Crippen LogP contribution in [0, 0.1) is 5.82 Å². The number of hydrogen-bond acceptors (Lipinski definition) is 1. The third-order valence-electron chi connectivity index (χ3n) is 2.37. The predicted octanol–water partition coefficient (Wildman–Crippen LogP) is 1.85. The van der Waals surface area contributed by atoms with Gasteiger partial charge in [0.2, 0.25) is 0 Å². The highest BCUT2D eigenvalue weighted by atomic mass is 19.1. The molecule has 0 aromatic heterocycles. The Morgan fingerprint density at radius 1 is 1.06 bits per heavy atom. The largest absolute Gasteiger partial charge is 0.349 e. The number of guanidine groups is 1. The van der Waals surface area contributed by atoms with E-state index in [2.05, 4.69) is 4.99 Å². The Hall–Kier alpha value is -1.58. The fourth-order valence-electron chi connectivity index (χ4n) is 1.62. The summed E-state index contributed by atoms with van der Waals surface area (Å²) in [7, 11) is 7.88. The molecule has 0 bridgehead atoms. The van der Waals surface area contributed by atoms with E-state index < -0.39 is 0 Å². The van der Waals surface area contributed by atoms with Crippen LogP contribution in [-0.2, 0) is 6.42 Å². The van der Waals surface area contributed by atoms with Gasteiger partial charge < -0.3 is 9.80 Å². The summed E-state index contributed by atoms with van der Waals surface area (Å²) >= 11 is 0. The molecular formula is C13H20FN3. The second kappa shape index (κ2) is 6.23. The topological polar surface area (TPSA) is 18.8 Å². The lowest BCUT2D eigenvalue weighted by Gasteiger charge is -2.22. The molecule has 4 heteroatoms. The summed E-state index contributed by atoms with van der Waals surface area (Å²) in [6.45, 7) is 0.706. The molecule has 0 atom stereocenters. The van der Waals surface area contributed by atoms with Crippen LogP contribution in [0.5, 0.6) is 0 Å². The number of halogens is 1. The van der Waals surface area contributed by atoms with E-state index in [1.807, 2.05) is 38.0 Å². The summed E-state index contributed by atoms with van der Waals surface area (Å²) in [4.78, 5) is 8.47. The first kappa shape index (κ1) is 13.5. The Kier molecular flexibility index (Phi) is 4.94. The van der Waals surface area contributed by atoms with Crippen molar-refractivity contribution in [1.82, 2.24) is 9.80 Å². The van der Waals surface area contributed by atoms with E-state index in [-0.39, 0.29) is 5.82 Å². The molecule has 0 unspecified atom stereocenters. The van der Waals surface area contributed by atoms with Gasteiger partial charge in [-0.25, -0.2) is 4.39 Å². The minimum absolute atomic E-state index is 0.195. The summed E-state index contributed by atoms with van der Waals surface area (Å²) in [5.74, 6) is 0.742. The standard InChI is InChI=1S/C13H20FN3/c1-16(2)13(17(3)4)15-10-9-11-5-7-12(14)8-6-11/h5-8H,9-10H2,1-4H3. The lowest BCUT2D eigenvalue weighted by Crippen LogP contribution is -2.35. The quantitative estimate of drug-likeness (QED) is 0.590. The molecule has 0 aliphatic rings. The Balaban J connectivity index is 2.55. The van der Waals surface area contributed by atoms with E-state index in [0.29, 0.717) is 6.54 Å². The maximum absolute atomic E-state index is 12.7. The fraction of sp³-hybridized carbons (Fsp3) is 0.462. The normalized spacial score (nSPS) is 9.94.